The second-order valence-corrected chi connectivity index (χ2v) is 2.43. The highest BCUT2D eigenvalue weighted by atomic mass is 14.8. The van der Waals surface area contributed by atoms with E-state index in [0.717, 1.165) is 11.3 Å². The summed E-state index contributed by atoms with van der Waals surface area (Å²) in [5.41, 5.74) is 7.69. The van der Waals surface area contributed by atoms with Crippen LogP contribution >= 0.6 is 0 Å². The third kappa shape index (κ3) is 1.00. The van der Waals surface area contributed by atoms with E-state index >= 15 is 0 Å². The van der Waals surface area contributed by atoms with Crippen LogP contribution in [-0.2, 0) is 0 Å². The number of nitrogen functional groups attached to an aromatic ring is 1. The molecule has 0 aliphatic rings. The molecule has 56 valence electrons. The molecule has 2 aromatic rings. The van der Waals surface area contributed by atoms with Gasteiger partial charge in [0.05, 0.1) is 0 Å². The van der Waals surface area contributed by atoms with Gasteiger partial charge in [0.2, 0.25) is 0 Å². The molecule has 0 aliphatic heterocycles. The van der Waals surface area contributed by atoms with Gasteiger partial charge in [0, 0.05) is 23.7 Å². The van der Waals surface area contributed by atoms with Gasteiger partial charge in [0.1, 0.15) is 5.82 Å². The Labute approximate surface area is 64.2 Å². The summed E-state index contributed by atoms with van der Waals surface area (Å²) in [4.78, 5) is 6.01. The van der Waals surface area contributed by atoms with Crippen molar-refractivity contribution in [2.75, 3.05) is 5.73 Å². The monoisotopic (exact) mass is 147 g/mol. The van der Waals surface area contributed by atoms with Crippen molar-refractivity contribution in [3.8, 4) is 11.3 Å². The molecule has 3 nitrogen and oxygen atoms in total. The third-order valence-corrected chi connectivity index (χ3v) is 1.62. The molecule has 0 unspecified atom stereocenters. The van der Waals surface area contributed by atoms with Gasteiger partial charge in [-0.2, -0.15) is 0 Å². The summed E-state index contributed by atoms with van der Waals surface area (Å²) in [5.74, 6) is 0.696. The van der Waals surface area contributed by atoms with Gasteiger partial charge in [0.25, 0.3) is 0 Å². The van der Waals surface area contributed by atoms with Crippen LogP contribution < -0.4 is 5.73 Å². The van der Waals surface area contributed by atoms with E-state index in [0.29, 0.717) is 5.82 Å². The maximum atomic E-state index is 5.52. The predicted octanol–water partition coefficient (Wildman–Crippen LogP) is 1.59. The smallest absolute Gasteiger partial charge is 0.101 e. The van der Waals surface area contributed by atoms with Crippen molar-refractivity contribution in [1.29, 1.82) is 0 Å². The maximum Gasteiger partial charge on any atom is 0.101 e. The van der Waals surface area contributed by atoms with E-state index in [-0.39, 0.29) is 0 Å². The van der Waals surface area contributed by atoms with Gasteiger partial charge in [-0.1, -0.05) is 0 Å². The van der Waals surface area contributed by atoms with Gasteiger partial charge in [-0.15, -0.1) is 0 Å². The van der Waals surface area contributed by atoms with Crippen LogP contribution in [-0.4, -0.2) is 9.97 Å². The molecule has 0 amide bonds. The molecule has 0 aliphatic carbocycles. The van der Waals surface area contributed by atoms with Crippen molar-refractivity contribution in [3.63, 3.8) is 0 Å². The lowest BCUT2D eigenvalue weighted by Crippen LogP contribution is -1.82. The Hall–Kier alpha value is -1.64. The number of rotatable bonds is 1. The van der Waals surface area contributed by atoms with Crippen molar-refractivity contribution >= 4 is 5.82 Å². The summed E-state index contributed by atoms with van der Waals surface area (Å²) >= 11 is 0. The van der Waals surface area contributed by atoms with Gasteiger partial charge in [0.15, 0.2) is 0 Å². The van der Waals surface area contributed by atoms with E-state index in [1.54, 1.807) is 0 Å². The molecule has 0 aromatic carbocycles. The lowest BCUT2D eigenvalue weighted by Gasteiger charge is -1.89. The van der Waals surface area contributed by atoms with Crippen LogP contribution in [0, 0.1) is 0 Å². The van der Waals surface area contributed by atoms with Crippen molar-refractivity contribution in [2.24, 2.45) is 0 Å². The van der Waals surface area contributed by atoms with Crippen LogP contribution in [0.3, 0.4) is 0 Å². The minimum atomic E-state index is 0.696. The van der Waals surface area contributed by atoms with Crippen LogP contribution in [0.2, 0.25) is 0 Å². The number of anilines is 1. The first kappa shape index (κ1) is 6.09. The van der Waals surface area contributed by atoms with E-state index in [4.69, 9.17) is 5.73 Å². The molecule has 0 saturated carbocycles. The quantitative estimate of drug-likeness (QED) is 0.563. The minimum Gasteiger partial charge on any atom is -0.385 e. The lowest BCUT2D eigenvalue weighted by molar-refractivity contribution is 1.39. The van der Waals surface area contributed by atoms with E-state index in [2.05, 4.69) is 9.97 Å². The molecule has 2 aromatic heterocycles. The number of hydrogen-bond donors (Lipinski definition) is 3. The molecule has 0 saturated heterocycles. The molecule has 3 heteroatoms. The average molecular weight is 147 g/mol. The SMILES string of the molecule is Nc1ccc(-c2cc[nH]c2)[nH]1. The molecule has 0 atom stereocenters. The maximum absolute atomic E-state index is 5.52. The third-order valence-electron chi connectivity index (χ3n) is 1.62. The zero-order valence-corrected chi connectivity index (χ0v) is 5.96. The molecule has 2 rings (SSSR count). The number of H-pyrrole nitrogens is 2. The minimum absolute atomic E-state index is 0.696. The normalized spacial score (nSPS) is 10.2. The molecule has 4 N–H and O–H groups in total. The van der Waals surface area contributed by atoms with Gasteiger partial charge in [-0.3, -0.25) is 0 Å². The molecule has 0 bridgehead atoms. The van der Waals surface area contributed by atoms with E-state index in [1.807, 2.05) is 30.6 Å². The fourth-order valence-corrected chi connectivity index (χ4v) is 1.07. The zero-order chi connectivity index (χ0) is 7.68. The number of aromatic amines is 2. The van der Waals surface area contributed by atoms with Crippen LogP contribution in [0.15, 0.2) is 30.6 Å². The second kappa shape index (κ2) is 2.20. The average Bonchev–Trinajstić information content (AvgIpc) is 2.55. The van der Waals surface area contributed by atoms with E-state index in [1.165, 1.54) is 0 Å². The van der Waals surface area contributed by atoms with Crippen molar-refractivity contribution in [3.05, 3.63) is 30.6 Å². The molecule has 0 radical (unpaired) electrons. The molecular weight excluding hydrogens is 138 g/mol. The summed E-state index contributed by atoms with van der Waals surface area (Å²) in [5, 5.41) is 0. The Kier molecular flexibility index (Phi) is 1.22. The second-order valence-electron chi connectivity index (χ2n) is 2.43. The summed E-state index contributed by atoms with van der Waals surface area (Å²) in [6, 6.07) is 5.80. The Balaban J connectivity index is 2.45. The van der Waals surface area contributed by atoms with Crippen LogP contribution in [0.5, 0.6) is 0 Å². The molecule has 11 heavy (non-hydrogen) atoms. The zero-order valence-electron chi connectivity index (χ0n) is 5.96. The Bertz CT molecular complexity index is 332. The topological polar surface area (TPSA) is 57.6 Å². The molecule has 0 spiro atoms. The Morgan fingerprint density at radius 2 is 2.09 bits per heavy atom. The lowest BCUT2D eigenvalue weighted by atomic mass is 10.2. The fraction of sp³-hybridized carbons (Fsp3) is 0. The van der Waals surface area contributed by atoms with E-state index < -0.39 is 0 Å². The summed E-state index contributed by atoms with van der Waals surface area (Å²) in [6.45, 7) is 0. The number of hydrogen-bond acceptors (Lipinski definition) is 1. The Morgan fingerprint density at radius 3 is 2.64 bits per heavy atom. The predicted molar refractivity (Wildman–Crippen MR) is 45.0 cm³/mol. The summed E-state index contributed by atoms with van der Waals surface area (Å²) < 4.78 is 0. The number of nitrogens with one attached hydrogen (secondary N) is 2. The van der Waals surface area contributed by atoms with Crippen LogP contribution in [0.1, 0.15) is 0 Å². The largest absolute Gasteiger partial charge is 0.385 e. The highest BCUT2D eigenvalue weighted by Crippen LogP contribution is 2.17. The first-order chi connectivity index (χ1) is 5.36. The van der Waals surface area contributed by atoms with Crippen LogP contribution in [0.25, 0.3) is 11.3 Å². The van der Waals surface area contributed by atoms with Crippen LogP contribution in [0.4, 0.5) is 5.82 Å². The van der Waals surface area contributed by atoms with Crippen molar-refractivity contribution in [1.82, 2.24) is 9.97 Å². The van der Waals surface area contributed by atoms with Gasteiger partial charge < -0.3 is 15.7 Å². The highest BCUT2D eigenvalue weighted by Gasteiger charge is 1.97. The summed E-state index contributed by atoms with van der Waals surface area (Å²) in [6.07, 6.45) is 3.80. The standard InChI is InChI=1S/C8H9N3/c9-8-2-1-7(11-8)6-3-4-10-5-6/h1-5,10-11H,9H2. The van der Waals surface area contributed by atoms with Gasteiger partial charge >= 0.3 is 0 Å². The molecule has 0 fully saturated rings. The van der Waals surface area contributed by atoms with Crippen molar-refractivity contribution in [2.45, 2.75) is 0 Å². The van der Waals surface area contributed by atoms with Gasteiger partial charge in [-0.25, -0.2) is 0 Å². The van der Waals surface area contributed by atoms with Crippen molar-refractivity contribution < 1.29 is 0 Å². The first-order valence-corrected chi connectivity index (χ1v) is 3.44. The number of aromatic nitrogens is 2. The Morgan fingerprint density at radius 1 is 1.18 bits per heavy atom. The number of nitrogens with two attached hydrogens (primary N) is 1. The van der Waals surface area contributed by atoms with E-state index in [9.17, 15) is 0 Å². The first-order valence-electron chi connectivity index (χ1n) is 3.44. The molecular formula is C8H9N3. The summed E-state index contributed by atoms with van der Waals surface area (Å²) in [7, 11) is 0. The molecule has 2 heterocycles. The van der Waals surface area contributed by atoms with Gasteiger partial charge in [-0.05, 0) is 18.2 Å². The highest BCUT2D eigenvalue weighted by molar-refractivity contribution is 5.61. The fourth-order valence-electron chi connectivity index (χ4n) is 1.07.